The molecule has 5 nitrogen and oxygen atoms in total. The average Bonchev–Trinajstić information content (AvgIpc) is 2.61. The summed E-state index contributed by atoms with van der Waals surface area (Å²) in [5.41, 5.74) is 5.23. The van der Waals surface area contributed by atoms with E-state index in [4.69, 9.17) is 11.6 Å². The van der Waals surface area contributed by atoms with Crippen molar-refractivity contribution in [3.63, 3.8) is 0 Å². The fraction of sp³-hybridized carbons (Fsp3) is 0.545. The van der Waals surface area contributed by atoms with E-state index in [0.717, 1.165) is 37.9 Å². The number of aliphatic hydroxyl groups is 1. The number of hydrogen-bond acceptors (Lipinski definition) is 5. The molecule has 27 heavy (non-hydrogen) atoms. The second-order valence-corrected chi connectivity index (χ2v) is 6.73. The minimum absolute atomic E-state index is 0.359. The molecule has 0 amide bonds. The number of rotatable bonds is 7. The summed E-state index contributed by atoms with van der Waals surface area (Å²) < 4.78 is 0. The zero-order valence-electron chi connectivity index (χ0n) is 17.5. The number of likely N-dealkylation sites (tertiary alicyclic amines) is 1. The first-order valence-corrected chi connectivity index (χ1v) is 9.54. The Hall–Kier alpha value is -2.00. The summed E-state index contributed by atoms with van der Waals surface area (Å²) in [7, 11) is 1.70. The fourth-order valence-corrected chi connectivity index (χ4v) is 3.02. The lowest BCUT2D eigenvalue weighted by atomic mass is 9.80. The van der Waals surface area contributed by atoms with Crippen LogP contribution in [0.1, 0.15) is 46.5 Å². The highest BCUT2D eigenvalue weighted by Gasteiger charge is 2.37. The summed E-state index contributed by atoms with van der Waals surface area (Å²) in [6, 6.07) is 0.359. The Bertz CT molecular complexity index is 569. The zero-order chi connectivity index (χ0) is 20.7. The number of hydrazine groups is 1. The highest BCUT2D eigenvalue weighted by atomic mass is 16.3. The van der Waals surface area contributed by atoms with Gasteiger partial charge in [-0.1, -0.05) is 37.1 Å². The van der Waals surface area contributed by atoms with E-state index in [0.29, 0.717) is 12.5 Å². The smallest absolute Gasteiger partial charge is 0.0920 e. The molecule has 1 unspecified atom stereocenters. The van der Waals surface area contributed by atoms with Gasteiger partial charge in [0.05, 0.1) is 5.60 Å². The van der Waals surface area contributed by atoms with E-state index < -0.39 is 5.60 Å². The van der Waals surface area contributed by atoms with Crippen LogP contribution in [-0.2, 0) is 0 Å². The summed E-state index contributed by atoms with van der Waals surface area (Å²) in [6.45, 7) is 11.7. The average molecular weight is 375 g/mol. The second-order valence-electron chi connectivity index (χ2n) is 6.73. The van der Waals surface area contributed by atoms with Crippen molar-refractivity contribution in [1.29, 1.82) is 0 Å². The molecule has 1 heterocycles. The van der Waals surface area contributed by atoms with Crippen LogP contribution < -0.4 is 11.6 Å². The largest absolute Gasteiger partial charge is 0.403 e. The van der Waals surface area contributed by atoms with Crippen molar-refractivity contribution in [3.05, 3.63) is 48.9 Å². The molecule has 0 spiro atoms. The molecule has 0 aromatic rings. The Kier molecular flexibility index (Phi) is 13.1. The van der Waals surface area contributed by atoms with Crippen molar-refractivity contribution < 1.29 is 5.11 Å². The molecule has 0 aliphatic carbocycles. The molecule has 1 saturated heterocycles. The molecule has 1 aliphatic heterocycles. The van der Waals surface area contributed by atoms with Crippen LogP contribution >= 0.6 is 0 Å². The standard InChI is InChI=1S/C19H29NO.C3H9N3/c1-5-8-10-12-18(11-9-6-2)19(21)13-15-20(14-7-3)17(4)16-19;1-6(5)3-2-4/h7,9,11-12,17,21H,3,6,10,13-16H2,1-2,4H3;2-3H,4-5H2,1H3/b11-9-,18-12+;3-2-/t17-,19?;/m0./s1. The van der Waals surface area contributed by atoms with Crippen LogP contribution in [-0.4, -0.2) is 46.8 Å². The van der Waals surface area contributed by atoms with Crippen LogP contribution in [0.2, 0.25) is 0 Å². The Labute approximate surface area is 166 Å². The van der Waals surface area contributed by atoms with Crippen molar-refractivity contribution in [2.24, 2.45) is 11.6 Å². The number of allylic oxidation sites excluding steroid dienone is 2. The van der Waals surface area contributed by atoms with E-state index in [2.05, 4.69) is 55.4 Å². The molecule has 5 N–H and O–H groups in total. The summed E-state index contributed by atoms with van der Waals surface area (Å²) in [5.74, 6) is 11.0. The van der Waals surface area contributed by atoms with Crippen LogP contribution in [0.4, 0.5) is 0 Å². The molecular weight excluding hydrogens is 336 g/mol. The zero-order valence-corrected chi connectivity index (χ0v) is 17.5. The van der Waals surface area contributed by atoms with E-state index >= 15 is 0 Å². The number of hydrogen-bond donors (Lipinski definition) is 3. The van der Waals surface area contributed by atoms with Gasteiger partial charge >= 0.3 is 0 Å². The monoisotopic (exact) mass is 374 g/mol. The van der Waals surface area contributed by atoms with Crippen molar-refractivity contribution in [2.45, 2.75) is 58.1 Å². The molecule has 5 heteroatoms. The molecule has 1 rings (SSSR count). The number of piperidine rings is 1. The molecule has 0 aromatic carbocycles. The van der Waals surface area contributed by atoms with Crippen LogP contribution in [0.25, 0.3) is 0 Å². The molecule has 0 radical (unpaired) electrons. The summed E-state index contributed by atoms with van der Waals surface area (Å²) >= 11 is 0. The van der Waals surface area contributed by atoms with Gasteiger partial charge in [-0.05, 0) is 38.7 Å². The molecule has 0 saturated carbocycles. The Morgan fingerprint density at radius 2 is 2.19 bits per heavy atom. The maximum Gasteiger partial charge on any atom is 0.0920 e. The van der Waals surface area contributed by atoms with Crippen LogP contribution in [0.3, 0.4) is 0 Å². The van der Waals surface area contributed by atoms with Crippen LogP contribution in [0.15, 0.2) is 48.9 Å². The molecule has 0 aromatic heterocycles. The first-order chi connectivity index (χ1) is 12.8. The van der Waals surface area contributed by atoms with Crippen molar-refractivity contribution in [1.82, 2.24) is 9.91 Å². The van der Waals surface area contributed by atoms with Crippen molar-refractivity contribution >= 4 is 0 Å². The minimum atomic E-state index is -0.724. The molecule has 1 fully saturated rings. The van der Waals surface area contributed by atoms with E-state index in [1.165, 1.54) is 11.2 Å². The van der Waals surface area contributed by atoms with E-state index in [9.17, 15) is 5.11 Å². The number of nitrogens with zero attached hydrogens (tertiary/aromatic N) is 2. The summed E-state index contributed by atoms with van der Waals surface area (Å²) in [4.78, 5) is 2.37. The Morgan fingerprint density at radius 1 is 1.48 bits per heavy atom. The van der Waals surface area contributed by atoms with E-state index in [1.807, 2.05) is 13.0 Å². The molecule has 152 valence electrons. The van der Waals surface area contributed by atoms with Gasteiger partial charge < -0.3 is 15.8 Å². The molecule has 1 aliphatic rings. The third kappa shape index (κ3) is 10.0. The van der Waals surface area contributed by atoms with Gasteiger partial charge in [-0.2, -0.15) is 0 Å². The summed E-state index contributed by atoms with van der Waals surface area (Å²) in [5, 5.41) is 12.5. The Morgan fingerprint density at radius 3 is 2.63 bits per heavy atom. The SMILES string of the molecule is C=CCN1CCC(O)(C(/C=C\CC)=C/CC#CC)C[C@@H]1C.CN(N)/C=C\N. The normalized spacial score (nSPS) is 23.5. The first-order valence-electron chi connectivity index (χ1n) is 9.54. The maximum absolute atomic E-state index is 11.1. The predicted octanol–water partition coefficient (Wildman–Crippen LogP) is 2.92. The van der Waals surface area contributed by atoms with Gasteiger partial charge in [0, 0.05) is 45.0 Å². The van der Waals surface area contributed by atoms with Crippen molar-refractivity contribution in [2.75, 3.05) is 20.1 Å². The highest BCUT2D eigenvalue weighted by molar-refractivity contribution is 5.31. The fourth-order valence-electron chi connectivity index (χ4n) is 3.02. The van der Waals surface area contributed by atoms with Crippen LogP contribution in [0, 0.1) is 11.8 Å². The minimum Gasteiger partial charge on any atom is -0.403 e. The van der Waals surface area contributed by atoms with E-state index in [-0.39, 0.29) is 0 Å². The Balaban J connectivity index is 0.000000972. The van der Waals surface area contributed by atoms with Gasteiger partial charge in [-0.15, -0.1) is 12.5 Å². The lowest BCUT2D eigenvalue weighted by Gasteiger charge is -2.43. The second kappa shape index (κ2) is 14.1. The number of nitrogens with two attached hydrogens (primary N) is 2. The van der Waals surface area contributed by atoms with Gasteiger partial charge in [-0.25, -0.2) is 5.84 Å². The third-order valence-corrected chi connectivity index (χ3v) is 4.43. The lowest BCUT2D eigenvalue weighted by molar-refractivity contribution is -0.00935. The molecule has 2 atom stereocenters. The molecule has 0 bridgehead atoms. The summed E-state index contributed by atoms with van der Waals surface area (Å²) in [6.07, 6.45) is 14.4. The van der Waals surface area contributed by atoms with Gasteiger partial charge in [0.1, 0.15) is 0 Å². The van der Waals surface area contributed by atoms with Gasteiger partial charge in [-0.3, -0.25) is 4.90 Å². The van der Waals surface area contributed by atoms with Crippen LogP contribution in [0.5, 0.6) is 0 Å². The third-order valence-electron chi connectivity index (χ3n) is 4.43. The molecular formula is C22H38N4O. The van der Waals surface area contributed by atoms with Gasteiger partial charge in [0.15, 0.2) is 0 Å². The van der Waals surface area contributed by atoms with E-state index in [1.54, 1.807) is 13.2 Å². The first kappa shape index (κ1) is 25.0. The lowest BCUT2D eigenvalue weighted by Crippen LogP contribution is -2.50. The predicted molar refractivity (Wildman–Crippen MR) is 116 cm³/mol. The highest BCUT2D eigenvalue weighted by Crippen LogP contribution is 2.34. The van der Waals surface area contributed by atoms with Crippen molar-refractivity contribution in [3.8, 4) is 11.8 Å². The quantitative estimate of drug-likeness (QED) is 0.210. The van der Waals surface area contributed by atoms with Gasteiger partial charge in [0.25, 0.3) is 0 Å². The topological polar surface area (TPSA) is 78.8 Å². The maximum atomic E-state index is 11.1. The van der Waals surface area contributed by atoms with Gasteiger partial charge in [0.2, 0.25) is 0 Å².